The molecule has 1 unspecified atom stereocenters. The molecule has 0 bridgehead atoms. The summed E-state index contributed by atoms with van der Waals surface area (Å²) in [6.45, 7) is 1.97. The van der Waals surface area contributed by atoms with Crippen LogP contribution < -0.4 is 0 Å². The first kappa shape index (κ1) is 8.45. The van der Waals surface area contributed by atoms with Gasteiger partial charge in [0.2, 0.25) is 0 Å². The second-order valence-corrected chi connectivity index (χ2v) is 5.17. The molecule has 3 aliphatic carbocycles. The van der Waals surface area contributed by atoms with E-state index in [1.165, 1.54) is 7.11 Å². The van der Waals surface area contributed by atoms with E-state index in [9.17, 15) is 9.59 Å². The minimum Gasteiger partial charge on any atom is -0.469 e. The van der Waals surface area contributed by atoms with Crippen LogP contribution in [0.15, 0.2) is 0 Å². The topological polar surface area (TPSA) is 43.4 Å². The van der Waals surface area contributed by atoms with Gasteiger partial charge in [0.15, 0.2) is 0 Å². The zero-order valence-corrected chi connectivity index (χ0v) is 8.45. The van der Waals surface area contributed by atoms with Gasteiger partial charge in [0.05, 0.1) is 12.5 Å². The van der Waals surface area contributed by atoms with Crippen molar-refractivity contribution in [3.8, 4) is 0 Å². The van der Waals surface area contributed by atoms with Crippen LogP contribution in [0, 0.1) is 29.1 Å². The molecule has 0 amide bonds. The Balaban J connectivity index is 1.94. The number of hydrogen-bond acceptors (Lipinski definition) is 3. The lowest BCUT2D eigenvalue weighted by molar-refractivity contribution is -0.153. The smallest absolute Gasteiger partial charge is 0.311 e. The lowest BCUT2D eigenvalue weighted by Gasteiger charge is -2.23. The summed E-state index contributed by atoms with van der Waals surface area (Å²) in [4.78, 5) is 23.2. The summed E-state index contributed by atoms with van der Waals surface area (Å²) in [6, 6.07) is 0. The SMILES string of the molecule is COC(=O)[C@]1(C)C[C@H]2CC(=O)C3[C@H]2[C@@H]31. The number of ketones is 1. The first-order valence-corrected chi connectivity index (χ1v) is 5.20. The lowest BCUT2D eigenvalue weighted by atomic mass is 9.83. The molecule has 0 heterocycles. The van der Waals surface area contributed by atoms with Gasteiger partial charge in [0, 0.05) is 12.3 Å². The summed E-state index contributed by atoms with van der Waals surface area (Å²) in [5.41, 5.74) is -0.360. The first-order chi connectivity index (χ1) is 6.59. The molecule has 0 N–H and O–H groups in total. The Labute approximate surface area is 82.8 Å². The fourth-order valence-electron chi connectivity index (χ4n) is 4.03. The van der Waals surface area contributed by atoms with Crippen molar-refractivity contribution in [1.82, 2.24) is 0 Å². The number of methoxy groups -OCH3 is 1. The molecule has 3 fully saturated rings. The maximum atomic E-state index is 11.7. The quantitative estimate of drug-likeness (QED) is 0.585. The van der Waals surface area contributed by atoms with Crippen LogP contribution >= 0.6 is 0 Å². The highest BCUT2D eigenvalue weighted by molar-refractivity contribution is 5.91. The van der Waals surface area contributed by atoms with Gasteiger partial charge in [-0.05, 0) is 31.1 Å². The number of Topliss-reactive ketones (excluding diaryl/α,β-unsaturated/α-hetero) is 1. The molecule has 0 radical (unpaired) electrons. The average molecular weight is 194 g/mol. The van der Waals surface area contributed by atoms with Crippen LogP contribution in [0.3, 0.4) is 0 Å². The second kappa shape index (κ2) is 2.20. The van der Waals surface area contributed by atoms with Crippen LogP contribution in [0.2, 0.25) is 0 Å². The maximum Gasteiger partial charge on any atom is 0.311 e. The standard InChI is InChI=1S/C11H14O3/c1-11(10(13)14-2)4-5-3-6(12)8-7(5)9(8)11/h5,7-9H,3-4H2,1-2H3/t5-,7+,8?,9+,11-/m1/s1. The number of carbonyl (C=O) groups is 2. The molecule has 76 valence electrons. The van der Waals surface area contributed by atoms with Crippen LogP contribution in [0.4, 0.5) is 0 Å². The van der Waals surface area contributed by atoms with Crippen LogP contribution in [-0.4, -0.2) is 18.9 Å². The number of esters is 1. The number of carbonyl (C=O) groups excluding carboxylic acids is 2. The molecule has 0 aromatic carbocycles. The first-order valence-electron chi connectivity index (χ1n) is 5.20. The maximum absolute atomic E-state index is 11.7. The molecule has 0 aliphatic heterocycles. The van der Waals surface area contributed by atoms with Crippen LogP contribution in [0.25, 0.3) is 0 Å². The van der Waals surface area contributed by atoms with E-state index < -0.39 is 0 Å². The fraction of sp³-hybridized carbons (Fsp3) is 0.818. The molecule has 14 heavy (non-hydrogen) atoms. The third-order valence-electron chi connectivity index (χ3n) is 4.53. The third kappa shape index (κ3) is 0.711. The average Bonchev–Trinajstić information content (AvgIpc) is 2.77. The van der Waals surface area contributed by atoms with Crippen LogP contribution in [0.5, 0.6) is 0 Å². The van der Waals surface area contributed by atoms with Crippen molar-refractivity contribution in [3.05, 3.63) is 0 Å². The van der Waals surface area contributed by atoms with Crippen molar-refractivity contribution in [1.29, 1.82) is 0 Å². The minimum absolute atomic E-state index is 0.118. The van der Waals surface area contributed by atoms with Crippen molar-refractivity contribution >= 4 is 11.8 Å². The Morgan fingerprint density at radius 3 is 2.79 bits per heavy atom. The summed E-state index contributed by atoms with van der Waals surface area (Å²) < 4.78 is 4.84. The van der Waals surface area contributed by atoms with Crippen LogP contribution in [-0.2, 0) is 14.3 Å². The predicted molar refractivity (Wildman–Crippen MR) is 48.3 cm³/mol. The van der Waals surface area contributed by atoms with Gasteiger partial charge in [0.25, 0.3) is 0 Å². The van der Waals surface area contributed by atoms with E-state index in [4.69, 9.17) is 4.74 Å². The minimum atomic E-state index is -0.360. The van der Waals surface area contributed by atoms with Gasteiger partial charge in [-0.15, -0.1) is 0 Å². The molecule has 0 aromatic rings. The molecule has 5 atom stereocenters. The van der Waals surface area contributed by atoms with Gasteiger partial charge < -0.3 is 4.74 Å². The van der Waals surface area contributed by atoms with Gasteiger partial charge in [-0.1, -0.05) is 0 Å². The zero-order chi connectivity index (χ0) is 10.1. The molecular weight excluding hydrogens is 180 g/mol. The number of rotatable bonds is 1. The Morgan fingerprint density at radius 2 is 2.29 bits per heavy atom. The highest BCUT2D eigenvalue weighted by Crippen LogP contribution is 2.73. The molecule has 3 aliphatic rings. The van der Waals surface area contributed by atoms with Crippen molar-refractivity contribution in [2.24, 2.45) is 29.1 Å². The summed E-state index contributed by atoms with van der Waals surface area (Å²) >= 11 is 0. The predicted octanol–water partition coefficient (Wildman–Crippen LogP) is 1.02. The van der Waals surface area contributed by atoms with Crippen molar-refractivity contribution in [2.45, 2.75) is 19.8 Å². The fourth-order valence-corrected chi connectivity index (χ4v) is 4.03. The van der Waals surface area contributed by atoms with E-state index in [0.717, 1.165) is 6.42 Å². The van der Waals surface area contributed by atoms with Crippen molar-refractivity contribution < 1.29 is 14.3 Å². The van der Waals surface area contributed by atoms with Crippen molar-refractivity contribution in [3.63, 3.8) is 0 Å². The normalized spacial score (nSPS) is 53.1. The van der Waals surface area contributed by atoms with Crippen molar-refractivity contribution in [2.75, 3.05) is 7.11 Å². The van der Waals surface area contributed by atoms with E-state index in [2.05, 4.69) is 0 Å². The molecule has 0 saturated heterocycles. The monoisotopic (exact) mass is 194 g/mol. The van der Waals surface area contributed by atoms with E-state index in [1.54, 1.807) is 0 Å². The molecule has 3 heteroatoms. The second-order valence-electron chi connectivity index (χ2n) is 5.17. The Hall–Kier alpha value is -0.860. The van der Waals surface area contributed by atoms with Crippen LogP contribution in [0.1, 0.15) is 19.8 Å². The molecule has 3 saturated carbocycles. The number of hydrogen-bond donors (Lipinski definition) is 0. The highest BCUT2D eigenvalue weighted by Gasteiger charge is 2.75. The Morgan fingerprint density at radius 1 is 1.57 bits per heavy atom. The molecule has 3 nitrogen and oxygen atoms in total. The molecule has 0 spiro atoms. The van der Waals surface area contributed by atoms with Gasteiger partial charge in [0.1, 0.15) is 5.78 Å². The largest absolute Gasteiger partial charge is 0.469 e. The van der Waals surface area contributed by atoms with E-state index in [-0.39, 0.29) is 17.3 Å². The van der Waals surface area contributed by atoms with E-state index in [0.29, 0.717) is 30.0 Å². The Kier molecular flexibility index (Phi) is 1.33. The summed E-state index contributed by atoms with van der Waals surface area (Å²) in [6.07, 6.45) is 1.57. The number of fused-ring (bicyclic) bond motifs is 1. The third-order valence-corrected chi connectivity index (χ3v) is 4.53. The van der Waals surface area contributed by atoms with Gasteiger partial charge in [-0.3, -0.25) is 9.59 Å². The lowest BCUT2D eigenvalue weighted by Crippen LogP contribution is -2.30. The Bertz CT molecular complexity index is 335. The zero-order valence-electron chi connectivity index (χ0n) is 8.45. The van der Waals surface area contributed by atoms with Gasteiger partial charge in [-0.25, -0.2) is 0 Å². The molecular formula is C11H14O3. The summed E-state index contributed by atoms with van der Waals surface area (Å²) in [7, 11) is 1.44. The summed E-state index contributed by atoms with van der Waals surface area (Å²) in [5, 5.41) is 0. The van der Waals surface area contributed by atoms with E-state index >= 15 is 0 Å². The molecule has 0 aromatic heterocycles. The van der Waals surface area contributed by atoms with E-state index in [1.807, 2.05) is 6.92 Å². The number of ether oxygens (including phenoxy) is 1. The highest BCUT2D eigenvalue weighted by atomic mass is 16.5. The summed E-state index contributed by atoms with van der Waals surface area (Å²) in [5.74, 6) is 1.78. The molecule has 3 rings (SSSR count). The van der Waals surface area contributed by atoms with Gasteiger partial charge >= 0.3 is 5.97 Å². The van der Waals surface area contributed by atoms with Gasteiger partial charge in [-0.2, -0.15) is 0 Å².